The molecular weight excluding hydrogens is 290 g/mol. The van der Waals surface area contributed by atoms with Gasteiger partial charge in [-0.1, -0.05) is 23.7 Å². The molecule has 0 saturated heterocycles. The summed E-state index contributed by atoms with van der Waals surface area (Å²) in [6.07, 6.45) is 0.378. The molecule has 6 heteroatoms. The Morgan fingerprint density at radius 2 is 1.95 bits per heavy atom. The molecule has 5 nitrogen and oxygen atoms in total. The molecule has 2 rings (SSSR count). The molecule has 0 radical (unpaired) electrons. The van der Waals surface area contributed by atoms with E-state index in [9.17, 15) is 9.90 Å². The molecule has 1 aromatic heterocycles. The van der Waals surface area contributed by atoms with Crippen molar-refractivity contribution in [3.8, 4) is 11.3 Å². The highest BCUT2D eigenvalue weighted by molar-refractivity contribution is 6.29. The van der Waals surface area contributed by atoms with Crippen molar-refractivity contribution in [2.75, 3.05) is 4.90 Å². The van der Waals surface area contributed by atoms with Gasteiger partial charge in [-0.15, -0.1) is 0 Å². The van der Waals surface area contributed by atoms with E-state index < -0.39 is 11.6 Å². The number of aromatic nitrogens is 2. The Labute approximate surface area is 128 Å². The zero-order chi connectivity index (χ0) is 15.6. The van der Waals surface area contributed by atoms with Crippen LogP contribution in [0.4, 0.5) is 10.5 Å². The average Bonchev–Trinajstić information content (AvgIpc) is 2.37. The van der Waals surface area contributed by atoms with Gasteiger partial charge in [0.2, 0.25) is 0 Å². The largest absolute Gasteiger partial charge is 0.465 e. The van der Waals surface area contributed by atoms with Gasteiger partial charge in [-0.25, -0.2) is 14.8 Å². The van der Waals surface area contributed by atoms with Gasteiger partial charge < -0.3 is 5.11 Å². The summed E-state index contributed by atoms with van der Waals surface area (Å²) < 4.78 is 0. The van der Waals surface area contributed by atoms with Crippen molar-refractivity contribution in [3.05, 3.63) is 41.8 Å². The molecule has 21 heavy (non-hydrogen) atoms. The summed E-state index contributed by atoms with van der Waals surface area (Å²) >= 11 is 5.86. The molecule has 1 heterocycles. The van der Waals surface area contributed by atoms with Gasteiger partial charge in [-0.3, -0.25) is 4.90 Å². The number of benzene rings is 1. The number of halogens is 1. The SMILES string of the molecule is CC(C)(C)N(C(=O)O)c1cccc(-c2cc(Cl)ncn2)c1. The van der Waals surface area contributed by atoms with Crippen LogP contribution in [0.25, 0.3) is 11.3 Å². The van der Waals surface area contributed by atoms with Crippen LogP contribution in [0.5, 0.6) is 0 Å². The minimum atomic E-state index is -1.000. The molecule has 0 aliphatic heterocycles. The maximum Gasteiger partial charge on any atom is 0.412 e. The first-order chi connectivity index (χ1) is 9.79. The highest BCUT2D eigenvalue weighted by Crippen LogP contribution is 2.28. The summed E-state index contributed by atoms with van der Waals surface area (Å²) in [5, 5.41) is 9.79. The van der Waals surface area contributed by atoms with Crippen LogP contribution in [0, 0.1) is 0 Å². The van der Waals surface area contributed by atoms with E-state index in [4.69, 9.17) is 11.6 Å². The van der Waals surface area contributed by atoms with Crippen molar-refractivity contribution in [1.29, 1.82) is 0 Å². The third-order valence-electron chi connectivity index (χ3n) is 2.90. The smallest absolute Gasteiger partial charge is 0.412 e. The van der Waals surface area contributed by atoms with Gasteiger partial charge in [-0.05, 0) is 32.9 Å². The quantitative estimate of drug-likeness (QED) is 0.849. The van der Waals surface area contributed by atoms with Gasteiger partial charge in [0.15, 0.2) is 0 Å². The Hall–Kier alpha value is -2.14. The topological polar surface area (TPSA) is 66.3 Å². The van der Waals surface area contributed by atoms with E-state index in [0.29, 0.717) is 16.5 Å². The summed E-state index contributed by atoms with van der Waals surface area (Å²) in [7, 11) is 0. The van der Waals surface area contributed by atoms with E-state index in [1.165, 1.54) is 11.2 Å². The molecule has 1 aromatic carbocycles. The third-order valence-corrected chi connectivity index (χ3v) is 3.10. The van der Waals surface area contributed by atoms with E-state index in [2.05, 4.69) is 9.97 Å². The zero-order valence-electron chi connectivity index (χ0n) is 12.0. The van der Waals surface area contributed by atoms with Crippen LogP contribution in [0.15, 0.2) is 36.7 Å². The van der Waals surface area contributed by atoms with Crippen molar-refractivity contribution in [2.24, 2.45) is 0 Å². The minimum absolute atomic E-state index is 0.344. The molecule has 1 amide bonds. The fraction of sp³-hybridized carbons (Fsp3) is 0.267. The summed E-state index contributed by atoms with van der Waals surface area (Å²) in [4.78, 5) is 20.8. The van der Waals surface area contributed by atoms with Gasteiger partial charge in [0.05, 0.1) is 5.69 Å². The number of carbonyl (C=O) groups is 1. The lowest BCUT2D eigenvalue weighted by Crippen LogP contribution is -2.45. The molecule has 0 unspecified atom stereocenters. The summed E-state index contributed by atoms with van der Waals surface area (Å²) in [5.41, 5.74) is 1.47. The van der Waals surface area contributed by atoms with Crippen LogP contribution in [0.2, 0.25) is 5.15 Å². The number of rotatable bonds is 2. The summed E-state index contributed by atoms with van der Waals surface area (Å²) in [5.74, 6) is 0. The second kappa shape index (κ2) is 5.69. The molecular formula is C15H16ClN3O2. The Balaban J connectivity index is 2.48. The van der Waals surface area contributed by atoms with Gasteiger partial charge in [0.25, 0.3) is 0 Å². The molecule has 0 fully saturated rings. The monoisotopic (exact) mass is 305 g/mol. The number of amides is 1. The zero-order valence-corrected chi connectivity index (χ0v) is 12.8. The lowest BCUT2D eigenvalue weighted by Gasteiger charge is -2.33. The minimum Gasteiger partial charge on any atom is -0.465 e. The predicted octanol–water partition coefficient (Wildman–Crippen LogP) is 4.08. The first-order valence-electron chi connectivity index (χ1n) is 6.40. The van der Waals surface area contributed by atoms with Gasteiger partial charge in [0.1, 0.15) is 11.5 Å². The standard InChI is InChI=1S/C15H16ClN3O2/c1-15(2,3)19(14(20)21)11-6-4-5-10(7-11)12-8-13(16)18-9-17-12/h4-9H,1-3H3,(H,20,21). The molecule has 0 saturated carbocycles. The van der Waals surface area contributed by atoms with Crippen molar-refractivity contribution in [1.82, 2.24) is 9.97 Å². The number of nitrogens with zero attached hydrogens (tertiary/aromatic N) is 3. The Morgan fingerprint density at radius 3 is 2.52 bits per heavy atom. The van der Waals surface area contributed by atoms with E-state index in [1.54, 1.807) is 24.3 Å². The average molecular weight is 306 g/mol. The van der Waals surface area contributed by atoms with Crippen LogP contribution >= 0.6 is 11.6 Å². The van der Waals surface area contributed by atoms with Crippen molar-refractivity contribution in [3.63, 3.8) is 0 Å². The van der Waals surface area contributed by atoms with Crippen LogP contribution in [0.1, 0.15) is 20.8 Å². The normalized spacial score (nSPS) is 11.2. The van der Waals surface area contributed by atoms with E-state index in [0.717, 1.165) is 5.56 Å². The maximum atomic E-state index is 11.5. The Bertz CT molecular complexity index is 668. The first kappa shape index (κ1) is 15.3. The maximum absolute atomic E-state index is 11.5. The molecule has 0 spiro atoms. The third kappa shape index (κ3) is 3.49. The summed E-state index contributed by atoms with van der Waals surface area (Å²) in [6, 6.07) is 8.82. The Kier molecular flexibility index (Phi) is 4.14. The van der Waals surface area contributed by atoms with Gasteiger partial charge in [0, 0.05) is 22.9 Å². The molecule has 0 bridgehead atoms. The van der Waals surface area contributed by atoms with Crippen molar-refractivity contribution in [2.45, 2.75) is 26.3 Å². The van der Waals surface area contributed by atoms with Crippen LogP contribution in [-0.2, 0) is 0 Å². The molecule has 0 aliphatic rings. The Morgan fingerprint density at radius 1 is 1.24 bits per heavy atom. The molecule has 0 aliphatic carbocycles. The molecule has 110 valence electrons. The lowest BCUT2D eigenvalue weighted by atomic mass is 10.0. The fourth-order valence-electron chi connectivity index (χ4n) is 2.08. The lowest BCUT2D eigenvalue weighted by molar-refractivity contribution is 0.195. The number of carboxylic acid groups (broad SMARTS) is 1. The molecule has 0 atom stereocenters. The molecule has 1 N–H and O–H groups in total. The highest BCUT2D eigenvalue weighted by Gasteiger charge is 2.27. The van der Waals surface area contributed by atoms with Crippen molar-refractivity contribution < 1.29 is 9.90 Å². The van der Waals surface area contributed by atoms with Crippen LogP contribution < -0.4 is 4.90 Å². The van der Waals surface area contributed by atoms with Gasteiger partial charge in [-0.2, -0.15) is 0 Å². The fourth-order valence-corrected chi connectivity index (χ4v) is 2.23. The first-order valence-corrected chi connectivity index (χ1v) is 6.78. The number of anilines is 1. The van der Waals surface area contributed by atoms with E-state index >= 15 is 0 Å². The van der Waals surface area contributed by atoms with Gasteiger partial charge >= 0.3 is 6.09 Å². The summed E-state index contributed by atoms with van der Waals surface area (Å²) in [6.45, 7) is 5.53. The van der Waals surface area contributed by atoms with Crippen molar-refractivity contribution >= 4 is 23.4 Å². The second-order valence-corrected chi connectivity index (χ2v) is 5.95. The second-order valence-electron chi connectivity index (χ2n) is 5.57. The predicted molar refractivity (Wildman–Crippen MR) is 82.7 cm³/mol. The van der Waals surface area contributed by atoms with Crippen LogP contribution in [0.3, 0.4) is 0 Å². The van der Waals surface area contributed by atoms with E-state index in [1.807, 2.05) is 26.8 Å². The molecule has 2 aromatic rings. The van der Waals surface area contributed by atoms with Crippen LogP contribution in [-0.4, -0.2) is 26.7 Å². The highest BCUT2D eigenvalue weighted by atomic mass is 35.5. The number of hydrogen-bond donors (Lipinski definition) is 1. The number of hydrogen-bond acceptors (Lipinski definition) is 3. The van der Waals surface area contributed by atoms with E-state index in [-0.39, 0.29) is 0 Å².